The van der Waals surface area contributed by atoms with Crippen LogP contribution in [0.2, 0.25) is 0 Å². The standard InChI is InChI=1S/C8H14O4/c1-8(2,4-5-9)6(12-3)7(10)11/h5-6H,4H2,1-3H3,(H,10,11). The molecule has 0 fully saturated rings. The average molecular weight is 174 g/mol. The van der Waals surface area contributed by atoms with E-state index in [1.54, 1.807) is 13.8 Å². The van der Waals surface area contributed by atoms with Gasteiger partial charge in [0.05, 0.1) is 0 Å². The maximum absolute atomic E-state index is 10.6. The molecule has 1 unspecified atom stereocenters. The Balaban J connectivity index is 4.46. The third-order valence-corrected chi connectivity index (χ3v) is 1.78. The van der Waals surface area contributed by atoms with Gasteiger partial charge in [-0.25, -0.2) is 4.79 Å². The monoisotopic (exact) mass is 174 g/mol. The summed E-state index contributed by atoms with van der Waals surface area (Å²) in [5.41, 5.74) is -0.650. The van der Waals surface area contributed by atoms with E-state index in [4.69, 9.17) is 9.84 Å². The largest absolute Gasteiger partial charge is 0.479 e. The average Bonchev–Trinajstić information content (AvgIpc) is 1.86. The Kier molecular flexibility index (Phi) is 3.89. The van der Waals surface area contributed by atoms with Crippen LogP contribution in [0.25, 0.3) is 0 Å². The molecule has 0 aromatic heterocycles. The van der Waals surface area contributed by atoms with Crippen molar-refractivity contribution in [1.29, 1.82) is 0 Å². The SMILES string of the molecule is COC(C(=O)O)C(C)(C)CC=O. The van der Waals surface area contributed by atoms with E-state index in [2.05, 4.69) is 0 Å². The van der Waals surface area contributed by atoms with Gasteiger partial charge in [-0.3, -0.25) is 0 Å². The number of aldehydes is 1. The van der Waals surface area contributed by atoms with Crippen LogP contribution in [0.1, 0.15) is 20.3 Å². The number of hydrogen-bond acceptors (Lipinski definition) is 3. The first-order valence-electron chi connectivity index (χ1n) is 3.65. The molecule has 4 nitrogen and oxygen atoms in total. The highest BCUT2D eigenvalue weighted by atomic mass is 16.5. The zero-order chi connectivity index (χ0) is 9.78. The zero-order valence-electron chi connectivity index (χ0n) is 7.53. The Morgan fingerprint density at radius 1 is 1.67 bits per heavy atom. The summed E-state index contributed by atoms with van der Waals surface area (Å²) in [4.78, 5) is 20.8. The van der Waals surface area contributed by atoms with E-state index in [0.29, 0.717) is 6.29 Å². The molecule has 70 valence electrons. The maximum atomic E-state index is 10.6. The van der Waals surface area contributed by atoms with Crippen LogP contribution < -0.4 is 0 Å². The molecule has 0 radical (unpaired) electrons. The summed E-state index contributed by atoms with van der Waals surface area (Å²) in [6, 6.07) is 0. The summed E-state index contributed by atoms with van der Waals surface area (Å²) < 4.78 is 4.77. The number of carboxylic acid groups (broad SMARTS) is 1. The van der Waals surface area contributed by atoms with Crippen molar-refractivity contribution in [3.8, 4) is 0 Å². The van der Waals surface area contributed by atoms with Crippen molar-refractivity contribution < 1.29 is 19.4 Å². The van der Waals surface area contributed by atoms with Crippen LogP contribution in [0.3, 0.4) is 0 Å². The van der Waals surface area contributed by atoms with E-state index in [1.165, 1.54) is 7.11 Å². The number of rotatable bonds is 5. The highest BCUT2D eigenvalue weighted by Gasteiger charge is 2.34. The fourth-order valence-electron chi connectivity index (χ4n) is 1.08. The summed E-state index contributed by atoms with van der Waals surface area (Å²) in [6.45, 7) is 3.37. The van der Waals surface area contributed by atoms with Gasteiger partial charge in [0, 0.05) is 18.9 Å². The minimum absolute atomic E-state index is 0.178. The van der Waals surface area contributed by atoms with Crippen molar-refractivity contribution in [2.75, 3.05) is 7.11 Å². The van der Waals surface area contributed by atoms with E-state index >= 15 is 0 Å². The molecule has 0 amide bonds. The lowest BCUT2D eigenvalue weighted by Crippen LogP contribution is -2.38. The molecular weight excluding hydrogens is 160 g/mol. The second-order valence-corrected chi connectivity index (χ2v) is 3.31. The Morgan fingerprint density at radius 2 is 2.17 bits per heavy atom. The van der Waals surface area contributed by atoms with E-state index in [0.717, 1.165) is 0 Å². The van der Waals surface area contributed by atoms with Crippen LogP contribution in [0, 0.1) is 5.41 Å². The van der Waals surface area contributed by atoms with Gasteiger partial charge in [-0.1, -0.05) is 13.8 Å². The zero-order valence-corrected chi connectivity index (χ0v) is 7.53. The summed E-state index contributed by atoms with van der Waals surface area (Å²) in [7, 11) is 1.32. The van der Waals surface area contributed by atoms with E-state index in [-0.39, 0.29) is 6.42 Å². The van der Waals surface area contributed by atoms with Gasteiger partial charge in [0.1, 0.15) is 6.29 Å². The normalized spacial score (nSPS) is 13.9. The molecule has 0 spiro atoms. The number of carbonyl (C=O) groups excluding carboxylic acids is 1. The van der Waals surface area contributed by atoms with Gasteiger partial charge < -0.3 is 14.6 Å². The Bertz CT molecular complexity index is 174. The van der Waals surface area contributed by atoms with Crippen LogP contribution in [0.15, 0.2) is 0 Å². The lowest BCUT2D eigenvalue weighted by atomic mass is 9.83. The Hall–Kier alpha value is -0.900. The fraction of sp³-hybridized carbons (Fsp3) is 0.750. The molecule has 0 aromatic rings. The lowest BCUT2D eigenvalue weighted by molar-refractivity contribution is -0.156. The molecule has 0 saturated carbocycles. The first-order chi connectivity index (χ1) is 5.45. The number of aliphatic carboxylic acids is 1. The molecular formula is C8H14O4. The van der Waals surface area contributed by atoms with Crippen LogP contribution in [0.5, 0.6) is 0 Å². The summed E-state index contributed by atoms with van der Waals surface area (Å²) in [6.07, 6.45) is -0.0463. The van der Waals surface area contributed by atoms with Crippen molar-refractivity contribution in [3.63, 3.8) is 0 Å². The number of carbonyl (C=O) groups is 2. The molecule has 4 heteroatoms. The van der Waals surface area contributed by atoms with Crippen molar-refractivity contribution in [1.82, 2.24) is 0 Å². The van der Waals surface area contributed by atoms with Crippen LogP contribution in [-0.4, -0.2) is 30.6 Å². The predicted octanol–water partition coefficient (Wildman–Crippen LogP) is 0.701. The first-order valence-corrected chi connectivity index (χ1v) is 3.65. The van der Waals surface area contributed by atoms with Crippen LogP contribution >= 0.6 is 0 Å². The lowest BCUT2D eigenvalue weighted by Gasteiger charge is -2.27. The smallest absolute Gasteiger partial charge is 0.333 e. The highest BCUT2D eigenvalue weighted by molar-refractivity contribution is 5.74. The van der Waals surface area contributed by atoms with Gasteiger partial charge in [0.25, 0.3) is 0 Å². The Labute approximate surface area is 71.5 Å². The van der Waals surface area contributed by atoms with E-state index in [1.807, 2.05) is 0 Å². The maximum Gasteiger partial charge on any atom is 0.333 e. The quantitative estimate of drug-likeness (QED) is 0.623. The van der Waals surface area contributed by atoms with Gasteiger partial charge in [-0.15, -0.1) is 0 Å². The molecule has 0 heterocycles. The predicted molar refractivity (Wildman–Crippen MR) is 42.9 cm³/mol. The molecule has 0 aromatic carbocycles. The summed E-state index contributed by atoms with van der Waals surface area (Å²) in [5, 5.41) is 8.69. The van der Waals surface area contributed by atoms with Crippen molar-refractivity contribution in [2.24, 2.45) is 5.41 Å². The molecule has 0 aliphatic rings. The first kappa shape index (κ1) is 11.1. The molecule has 0 aliphatic carbocycles. The van der Waals surface area contributed by atoms with Crippen LogP contribution in [-0.2, 0) is 14.3 Å². The third kappa shape index (κ3) is 2.62. The van der Waals surface area contributed by atoms with E-state index in [9.17, 15) is 9.59 Å². The topological polar surface area (TPSA) is 63.6 Å². The number of methoxy groups -OCH3 is 1. The number of hydrogen-bond donors (Lipinski definition) is 1. The minimum Gasteiger partial charge on any atom is -0.479 e. The van der Waals surface area contributed by atoms with Gasteiger partial charge in [0.2, 0.25) is 0 Å². The second kappa shape index (κ2) is 4.21. The summed E-state index contributed by atoms with van der Waals surface area (Å²) >= 11 is 0. The van der Waals surface area contributed by atoms with E-state index < -0.39 is 17.5 Å². The minimum atomic E-state index is -1.04. The Morgan fingerprint density at radius 3 is 2.42 bits per heavy atom. The summed E-state index contributed by atoms with van der Waals surface area (Å²) in [5.74, 6) is -1.04. The number of carboxylic acids is 1. The number of ether oxygens (including phenoxy) is 1. The van der Waals surface area contributed by atoms with Crippen molar-refractivity contribution in [3.05, 3.63) is 0 Å². The molecule has 0 bridgehead atoms. The van der Waals surface area contributed by atoms with Crippen molar-refractivity contribution >= 4 is 12.3 Å². The van der Waals surface area contributed by atoms with Crippen molar-refractivity contribution in [2.45, 2.75) is 26.4 Å². The molecule has 0 rings (SSSR count). The fourth-order valence-corrected chi connectivity index (χ4v) is 1.08. The molecule has 12 heavy (non-hydrogen) atoms. The molecule has 0 aliphatic heterocycles. The van der Waals surface area contributed by atoms with Crippen LogP contribution in [0.4, 0.5) is 0 Å². The second-order valence-electron chi connectivity index (χ2n) is 3.31. The van der Waals surface area contributed by atoms with Gasteiger partial charge in [-0.05, 0) is 0 Å². The van der Waals surface area contributed by atoms with Gasteiger partial charge in [0.15, 0.2) is 6.10 Å². The molecule has 1 N–H and O–H groups in total. The third-order valence-electron chi connectivity index (χ3n) is 1.78. The van der Waals surface area contributed by atoms with Gasteiger partial charge in [-0.2, -0.15) is 0 Å². The molecule has 1 atom stereocenters. The molecule has 0 saturated heterocycles. The van der Waals surface area contributed by atoms with Gasteiger partial charge >= 0.3 is 5.97 Å². The highest BCUT2D eigenvalue weighted by Crippen LogP contribution is 2.26.